The highest BCUT2D eigenvalue weighted by molar-refractivity contribution is 5.66. The molecule has 1 unspecified atom stereocenters. The first-order valence-electron chi connectivity index (χ1n) is 7.77. The third kappa shape index (κ3) is 2.88. The number of nitrogens with zero attached hydrogens (tertiary/aromatic N) is 1. The number of carboxylic acid groups (broad SMARTS) is 1. The van der Waals surface area contributed by atoms with E-state index >= 15 is 0 Å². The predicted octanol–water partition coefficient (Wildman–Crippen LogP) is 3.25. The van der Waals surface area contributed by atoms with Gasteiger partial charge in [-0.1, -0.05) is 24.3 Å². The zero-order chi connectivity index (χ0) is 13.9. The van der Waals surface area contributed by atoms with E-state index in [4.69, 9.17) is 5.11 Å². The van der Waals surface area contributed by atoms with E-state index in [9.17, 15) is 4.79 Å². The highest BCUT2D eigenvalue weighted by Gasteiger charge is 2.30. The van der Waals surface area contributed by atoms with Crippen LogP contribution in [0.4, 0.5) is 0 Å². The number of rotatable bonds is 4. The molecule has 1 fully saturated rings. The van der Waals surface area contributed by atoms with Crippen LogP contribution in [0.5, 0.6) is 0 Å². The molecule has 1 aromatic carbocycles. The summed E-state index contributed by atoms with van der Waals surface area (Å²) in [4.78, 5) is 13.3. The van der Waals surface area contributed by atoms with Gasteiger partial charge in [0.05, 0.1) is 0 Å². The van der Waals surface area contributed by atoms with Crippen molar-refractivity contribution in [2.24, 2.45) is 5.92 Å². The summed E-state index contributed by atoms with van der Waals surface area (Å²) < 4.78 is 0. The lowest BCUT2D eigenvalue weighted by Crippen LogP contribution is -2.36. The smallest absolute Gasteiger partial charge is 0.303 e. The highest BCUT2D eigenvalue weighted by Crippen LogP contribution is 2.37. The van der Waals surface area contributed by atoms with Crippen LogP contribution in [-0.2, 0) is 11.2 Å². The van der Waals surface area contributed by atoms with Gasteiger partial charge in [0.1, 0.15) is 0 Å². The van der Waals surface area contributed by atoms with Gasteiger partial charge in [-0.2, -0.15) is 0 Å². The van der Waals surface area contributed by atoms with E-state index in [0.29, 0.717) is 18.4 Å². The summed E-state index contributed by atoms with van der Waals surface area (Å²) >= 11 is 0. The molecular weight excluding hydrogens is 250 g/mol. The Hall–Kier alpha value is -1.35. The van der Waals surface area contributed by atoms with Crippen molar-refractivity contribution >= 4 is 5.97 Å². The van der Waals surface area contributed by atoms with Crippen molar-refractivity contribution in [3.8, 4) is 0 Å². The number of fused-ring (bicyclic) bond motifs is 1. The van der Waals surface area contributed by atoms with Crippen LogP contribution in [0.1, 0.15) is 49.3 Å². The number of likely N-dealkylation sites (tertiary alicyclic amines) is 1. The zero-order valence-electron chi connectivity index (χ0n) is 11.9. The van der Waals surface area contributed by atoms with E-state index in [0.717, 1.165) is 32.4 Å². The number of carboxylic acids is 1. The third-order valence-electron chi connectivity index (χ3n) is 4.96. The molecule has 3 rings (SSSR count). The molecule has 1 N–H and O–H groups in total. The Balaban J connectivity index is 1.56. The quantitative estimate of drug-likeness (QED) is 0.915. The largest absolute Gasteiger partial charge is 0.481 e. The lowest BCUT2D eigenvalue weighted by atomic mass is 9.91. The minimum atomic E-state index is -0.655. The van der Waals surface area contributed by atoms with Crippen molar-refractivity contribution in [1.82, 2.24) is 4.90 Å². The predicted molar refractivity (Wildman–Crippen MR) is 78.7 cm³/mol. The SMILES string of the molecule is O=C(O)CCC1CCN(C2CCc3ccccc32)CC1. The van der Waals surface area contributed by atoms with E-state index in [-0.39, 0.29) is 0 Å². The molecule has 3 nitrogen and oxygen atoms in total. The minimum Gasteiger partial charge on any atom is -0.481 e. The van der Waals surface area contributed by atoms with E-state index < -0.39 is 5.97 Å². The van der Waals surface area contributed by atoms with Crippen LogP contribution >= 0.6 is 0 Å². The Morgan fingerprint density at radius 3 is 2.70 bits per heavy atom. The van der Waals surface area contributed by atoms with Crippen LogP contribution < -0.4 is 0 Å². The van der Waals surface area contributed by atoms with Gasteiger partial charge < -0.3 is 5.11 Å². The number of hydrogen-bond acceptors (Lipinski definition) is 2. The normalized spacial score (nSPS) is 23.7. The highest BCUT2D eigenvalue weighted by atomic mass is 16.4. The second-order valence-corrected chi connectivity index (χ2v) is 6.17. The van der Waals surface area contributed by atoms with Gasteiger partial charge in [0.15, 0.2) is 0 Å². The summed E-state index contributed by atoms with van der Waals surface area (Å²) in [7, 11) is 0. The summed E-state index contributed by atoms with van der Waals surface area (Å²) in [6, 6.07) is 9.43. The maximum absolute atomic E-state index is 10.6. The Bertz CT molecular complexity index is 478. The van der Waals surface area contributed by atoms with Crippen molar-refractivity contribution in [3.05, 3.63) is 35.4 Å². The van der Waals surface area contributed by atoms with Crippen molar-refractivity contribution in [2.45, 2.75) is 44.6 Å². The second kappa shape index (κ2) is 5.96. The lowest BCUT2D eigenvalue weighted by molar-refractivity contribution is -0.137. The van der Waals surface area contributed by atoms with Gasteiger partial charge in [-0.05, 0) is 62.2 Å². The average molecular weight is 273 g/mol. The monoisotopic (exact) mass is 273 g/mol. The van der Waals surface area contributed by atoms with Gasteiger partial charge in [-0.15, -0.1) is 0 Å². The van der Waals surface area contributed by atoms with Crippen molar-refractivity contribution in [3.63, 3.8) is 0 Å². The second-order valence-electron chi connectivity index (χ2n) is 6.17. The number of benzene rings is 1. The molecule has 1 aliphatic carbocycles. The fourth-order valence-corrected chi connectivity index (χ4v) is 3.79. The molecule has 1 heterocycles. The number of hydrogen-bond donors (Lipinski definition) is 1. The Morgan fingerprint density at radius 2 is 1.95 bits per heavy atom. The summed E-state index contributed by atoms with van der Waals surface area (Å²) in [5.74, 6) is -0.0452. The molecule has 3 heteroatoms. The average Bonchev–Trinajstić information content (AvgIpc) is 2.89. The molecule has 0 spiro atoms. The van der Waals surface area contributed by atoms with E-state index in [1.54, 1.807) is 0 Å². The molecule has 1 aromatic rings. The zero-order valence-corrected chi connectivity index (χ0v) is 11.9. The first kappa shape index (κ1) is 13.6. The maximum atomic E-state index is 10.6. The van der Waals surface area contributed by atoms with Gasteiger partial charge in [0, 0.05) is 12.5 Å². The van der Waals surface area contributed by atoms with Crippen LogP contribution in [0.2, 0.25) is 0 Å². The number of aryl methyl sites for hydroxylation is 1. The van der Waals surface area contributed by atoms with Gasteiger partial charge in [-0.3, -0.25) is 9.69 Å². The van der Waals surface area contributed by atoms with Crippen molar-refractivity contribution < 1.29 is 9.90 Å². The van der Waals surface area contributed by atoms with Gasteiger partial charge in [-0.25, -0.2) is 0 Å². The van der Waals surface area contributed by atoms with Gasteiger partial charge >= 0.3 is 5.97 Å². The van der Waals surface area contributed by atoms with E-state index in [2.05, 4.69) is 29.2 Å². The molecule has 1 atom stereocenters. The maximum Gasteiger partial charge on any atom is 0.303 e. The van der Waals surface area contributed by atoms with Crippen LogP contribution in [0.25, 0.3) is 0 Å². The topological polar surface area (TPSA) is 40.5 Å². The first-order valence-corrected chi connectivity index (χ1v) is 7.77. The van der Waals surface area contributed by atoms with Gasteiger partial charge in [0.2, 0.25) is 0 Å². The standard InChI is InChI=1S/C17H23NO2/c19-17(20)8-5-13-9-11-18(12-10-13)16-7-6-14-3-1-2-4-15(14)16/h1-4,13,16H,5-12H2,(H,19,20). The Morgan fingerprint density at radius 1 is 1.20 bits per heavy atom. The first-order chi connectivity index (χ1) is 9.74. The summed E-state index contributed by atoms with van der Waals surface area (Å²) in [6.45, 7) is 2.26. The molecule has 1 saturated heterocycles. The van der Waals surface area contributed by atoms with Crippen LogP contribution in [-0.4, -0.2) is 29.1 Å². The van der Waals surface area contributed by atoms with Crippen LogP contribution in [0.3, 0.4) is 0 Å². The fourth-order valence-electron chi connectivity index (χ4n) is 3.79. The van der Waals surface area contributed by atoms with E-state index in [1.807, 2.05) is 0 Å². The molecule has 0 amide bonds. The Kier molecular flexibility index (Phi) is 4.06. The number of piperidine rings is 1. The third-order valence-corrected chi connectivity index (χ3v) is 4.96. The van der Waals surface area contributed by atoms with Crippen LogP contribution in [0.15, 0.2) is 24.3 Å². The summed E-state index contributed by atoms with van der Waals surface area (Å²) in [6.07, 6.45) is 5.96. The summed E-state index contributed by atoms with van der Waals surface area (Å²) in [5.41, 5.74) is 3.04. The molecule has 0 bridgehead atoms. The number of aliphatic carboxylic acids is 1. The Labute approximate surface area is 120 Å². The van der Waals surface area contributed by atoms with E-state index in [1.165, 1.54) is 24.0 Å². The van der Waals surface area contributed by atoms with Crippen LogP contribution in [0, 0.1) is 5.92 Å². The molecule has 108 valence electrons. The molecule has 0 saturated carbocycles. The van der Waals surface area contributed by atoms with Gasteiger partial charge in [0.25, 0.3) is 0 Å². The van der Waals surface area contributed by atoms with Crippen molar-refractivity contribution in [1.29, 1.82) is 0 Å². The lowest BCUT2D eigenvalue weighted by Gasteiger charge is -2.36. The fraction of sp³-hybridized carbons (Fsp3) is 0.588. The molecule has 0 radical (unpaired) electrons. The molecule has 0 aromatic heterocycles. The minimum absolute atomic E-state index is 0.330. The summed E-state index contributed by atoms with van der Waals surface area (Å²) in [5, 5.41) is 8.77. The number of carbonyl (C=O) groups is 1. The molecule has 2 aliphatic rings. The molecule has 20 heavy (non-hydrogen) atoms. The van der Waals surface area contributed by atoms with Crippen molar-refractivity contribution in [2.75, 3.05) is 13.1 Å². The molecule has 1 aliphatic heterocycles. The molecular formula is C17H23NO2.